The molecule has 0 aliphatic carbocycles. The summed E-state index contributed by atoms with van der Waals surface area (Å²) in [7, 11) is -3.60. The monoisotopic (exact) mass is 444 g/mol. The van der Waals surface area contributed by atoms with Crippen molar-refractivity contribution in [2.45, 2.75) is 17.9 Å². The molecule has 0 aromatic carbocycles. The average Bonchev–Trinajstić information content (AvgIpc) is 3.53. The van der Waals surface area contributed by atoms with Crippen molar-refractivity contribution < 1.29 is 12.9 Å². The predicted molar refractivity (Wildman–Crippen MR) is 112 cm³/mol. The molecule has 0 spiro atoms. The number of hydrogen-bond acceptors (Lipinski definition) is 8. The molecule has 1 unspecified atom stereocenters. The molecular weight excluding hydrogens is 424 g/mol. The number of H-pyrrole nitrogens is 1. The van der Waals surface area contributed by atoms with Crippen LogP contribution in [0.3, 0.4) is 0 Å². The van der Waals surface area contributed by atoms with E-state index in [1.165, 1.54) is 10.5 Å². The molecule has 9 nitrogen and oxygen atoms in total. The van der Waals surface area contributed by atoms with Crippen molar-refractivity contribution in [2.75, 3.05) is 26.2 Å². The lowest BCUT2D eigenvalue weighted by Crippen LogP contribution is -2.49. The molecular formula is C19H20N6O3S2. The third-order valence-corrected chi connectivity index (χ3v) is 8.20. The maximum Gasteiger partial charge on any atom is 0.245 e. The second-order valence-corrected chi connectivity index (χ2v) is 9.96. The Morgan fingerprint density at radius 1 is 1.20 bits per heavy atom. The fraction of sp³-hybridized carbons (Fsp3) is 0.316. The highest BCUT2D eigenvalue weighted by Crippen LogP contribution is 2.28. The van der Waals surface area contributed by atoms with E-state index in [1.807, 2.05) is 24.4 Å². The number of nitrogens with zero attached hydrogens (tertiary/aromatic N) is 5. The Hall–Kier alpha value is -2.60. The molecule has 1 fully saturated rings. The largest absolute Gasteiger partial charge is 0.345 e. The fourth-order valence-electron chi connectivity index (χ4n) is 3.68. The van der Waals surface area contributed by atoms with Crippen LogP contribution in [0.1, 0.15) is 18.9 Å². The zero-order valence-electron chi connectivity index (χ0n) is 16.2. The minimum atomic E-state index is -3.60. The smallest absolute Gasteiger partial charge is 0.245 e. The summed E-state index contributed by atoms with van der Waals surface area (Å²) in [6, 6.07) is 7.32. The molecule has 0 amide bonds. The molecule has 1 atom stereocenters. The molecule has 11 heteroatoms. The first-order valence-electron chi connectivity index (χ1n) is 9.58. The lowest BCUT2D eigenvalue weighted by atomic mass is 10.2. The molecule has 5 heterocycles. The van der Waals surface area contributed by atoms with Crippen molar-refractivity contribution in [3.05, 3.63) is 47.9 Å². The number of nitrogens with one attached hydrogen (secondary N) is 1. The Labute approximate surface area is 177 Å². The van der Waals surface area contributed by atoms with Crippen LogP contribution in [0.5, 0.6) is 0 Å². The number of piperazine rings is 1. The zero-order chi connectivity index (χ0) is 20.7. The van der Waals surface area contributed by atoms with Gasteiger partial charge >= 0.3 is 0 Å². The van der Waals surface area contributed by atoms with Gasteiger partial charge in [0.25, 0.3) is 0 Å². The minimum Gasteiger partial charge on any atom is -0.345 e. The van der Waals surface area contributed by atoms with E-state index in [4.69, 9.17) is 4.52 Å². The standard InChI is InChI=1S/C19H20N6O3S2/c1-13(19-22-18(23-28-19)15-5-3-11-29-15)24-7-9-25(10-8-24)30(26,27)16-12-21-17-14(16)4-2-6-20-17/h2-6,11-13H,7-10H2,1H3,(H,20,21). The molecule has 0 radical (unpaired) electrons. The van der Waals surface area contributed by atoms with Gasteiger partial charge in [-0.25, -0.2) is 13.4 Å². The number of aromatic amines is 1. The minimum absolute atomic E-state index is 0.0895. The average molecular weight is 445 g/mol. The topological polar surface area (TPSA) is 108 Å². The van der Waals surface area contributed by atoms with E-state index in [2.05, 4.69) is 25.0 Å². The van der Waals surface area contributed by atoms with Crippen molar-refractivity contribution in [1.29, 1.82) is 0 Å². The van der Waals surface area contributed by atoms with Gasteiger partial charge in [-0.1, -0.05) is 11.2 Å². The first kappa shape index (κ1) is 19.4. The van der Waals surface area contributed by atoms with Crippen molar-refractivity contribution >= 4 is 32.4 Å². The van der Waals surface area contributed by atoms with Crippen LogP contribution in [0.2, 0.25) is 0 Å². The van der Waals surface area contributed by atoms with Crippen LogP contribution < -0.4 is 0 Å². The number of aromatic nitrogens is 4. The third-order valence-electron chi connectivity index (χ3n) is 5.39. The SMILES string of the molecule is CC(c1nc(-c2cccs2)no1)N1CCN(S(=O)(=O)c2c[nH]c3ncccc23)CC1. The first-order valence-corrected chi connectivity index (χ1v) is 11.9. The van der Waals surface area contributed by atoms with Gasteiger partial charge in [0.1, 0.15) is 10.5 Å². The van der Waals surface area contributed by atoms with Gasteiger partial charge in [-0.05, 0) is 30.5 Å². The van der Waals surface area contributed by atoms with Gasteiger partial charge in [0.15, 0.2) is 0 Å². The van der Waals surface area contributed by atoms with Crippen LogP contribution in [-0.2, 0) is 10.0 Å². The van der Waals surface area contributed by atoms with Crippen LogP contribution in [0.25, 0.3) is 21.7 Å². The molecule has 1 aliphatic heterocycles. The fourth-order valence-corrected chi connectivity index (χ4v) is 5.90. The molecule has 30 heavy (non-hydrogen) atoms. The maximum atomic E-state index is 13.2. The highest BCUT2D eigenvalue weighted by molar-refractivity contribution is 7.89. The van der Waals surface area contributed by atoms with Gasteiger partial charge < -0.3 is 9.51 Å². The summed E-state index contributed by atoms with van der Waals surface area (Å²) in [5.74, 6) is 1.12. The third kappa shape index (κ3) is 3.33. The first-order chi connectivity index (χ1) is 14.5. The summed E-state index contributed by atoms with van der Waals surface area (Å²) in [5.41, 5.74) is 0.571. The normalized spacial score (nSPS) is 17.5. The number of sulfonamides is 1. The lowest BCUT2D eigenvalue weighted by molar-refractivity contribution is 0.124. The molecule has 4 aromatic heterocycles. The van der Waals surface area contributed by atoms with Gasteiger partial charge in [0.05, 0.1) is 10.9 Å². The molecule has 1 saturated heterocycles. The van der Waals surface area contributed by atoms with Crippen LogP contribution in [0, 0.1) is 0 Å². The Morgan fingerprint density at radius 2 is 2.03 bits per heavy atom. The number of rotatable bonds is 5. The highest BCUT2D eigenvalue weighted by Gasteiger charge is 2.33. The van der Waals surface area contributed by atoms with E-state index in [0.717, 1.165) is 4.88 Å². The van der Waals surface area contributed by atoms with E-state index < -0.39 is 10.0 Å². The van der Waals surface area contributed by atoms with Crippen molar-refractivity contribution in [2.24, 2.45) is 0 Å². The van der Waals surface area contributed by atoms with Crippen molar-refractivity contribution in [1.82, 2.24) is 29.3 Å². The van der Waals surface area contributed by atoms with Gasteiger partial charge in [-0.15, -0.1) is 11.3 Å². The maximum absolute atomic E-state index is 13.2. The Kier molecular flexibility index (Phi) is 4.89. The van der Waals surface area contributed by atoms with Crippen molar-refractivity contribution in [3.63, 3.8) is 0 Å². The molecule has 0 bridgehead atoms. The van der Waals surface area contributed by atoms with Crippen LogP contribution >= 0.6 is 11.3 Å². The molecule has 1 N–H and O–H groups in total. The number of hydrogen-bond donors (Lipinski definition) is 1. The van der Waals surface area contributed by atoms with Gasteiger partial charge in [0.2, 0.25) is 21.7 Å². The summed E-state index contributed by atoms with van der Waals surface area (Å²) in [6.07, 6.45) is 3.16. The van der Waals surface area contributed by atoms with E-state index in [0.29, 0.717) is 48.9 Å². The molecule has 0 saturated carbocycles. The van der Waals surface area contributed by atoms with Crippen LogP contribution in [-0.4, -0.2) is 63.9 Å². The Bertz CT molecular complexity index is 1260. The lowest BCUT2D eigenvalue weighted by Gasteiger charge is -2.35. The molecule has 156 valence electrons. The molecule has 1 aliphatic rings. The zero-order valence-corrected chi connectivity index (χ0v) is 17.9. The quantitative estimate of drug-likeness (QED) is 0.504. The summed E-state index contributed by atoms with van der Waals surface area (Å²) >= 11 is 1.56. The number of pyridine rings is 1. The summed E-state index contributed by atoms with van der Waals surface area (Å²) < 4.78 is 33.3. The second-order valence-electron chi connectivity index (χ2n) is 7.10. The van der Waals surface area contributed by atoms with Crippen LogP contribution in [0.15, 0.2) is 51.5 Å². The van der Waals surface area contributed by atoms with Gasteiger partial charge in [0, 0.05) is 44.0 Å². The predicted octanol–water partition coefficient (Wildman–Crippen LogP) is 2.74. The summed E-state index contributed by atoms with van der Waals surface area (Å²) in [6.45, 7) is 3.95. The second kappa shape index (κ2) is 7.58. The van der Waals surface area contributed by atoms with E-state index in [9.17, 15) is 8.42 Å². The van der Waals surface area contributed by atoms with E-state index in [-0.39, 0.29) is 10.9 Å². The molecule has 5 rings (SSSR count). The Morgan fingerprint density at radius 3 is 2.80 bits per heavy atom. The van der Waals surface area contributed by atoms with E-state index >= 15 is 0 Å². The van der Waals surface area contributed by atoms with Crippen molar-refractivity contribution in [3.8, 4) is 10.7 Å². The Balaban J connectivity index is 1.29. The summed E-state index contributed by atoms with van der Waals surface area (Å²) in [4.78, 5) is 15.0. The number of thiophene rings is 1. The van der Waals surface area contributed by atoms with Gasteiger partial charge in [-0.2, -0.15) is 9.29 Å². The molecule has 4 aromatic rings. The van der Waals surface area contributed by atoms with Gasteiger partial charge in [-0.3, -0.25) is 4.90 Å². The highest BCUT2D eigenvalue weighted by atomic mass is 32.2. The summed E-state index contributed by atoms with van der Waals surface area (Å²) in [5, 5.41) is 6.66. The van der Waals surface area contributed by atoms with E-state index in [1.54, 1.807) is 29.7 Å². The van der Waals surface area contributed by atoms with Crippen LogP contribution in [0.4, 0.5) is 0 Å². The number of fused-ring (bicyclic) bond motifs is 1.